The van der Waals surface area contributed by atoms with Gasteiger partial charge in [0.25, 0.3) is 0 Å². The zero-order chi connectivity index (χ0) is 19.2. The standard InChI is InChI=1S/C22H37N3O2/c1-21(2,3)24-20(27)25-6-4-15(5-7-25)14-23-19(26)22-11-16-8-17(12-22)10-18(9-16)13-22/h15-18H,4-14H2,1-3H3,(H,23,26)(H,24,27). The first-order valence-electron chi connectivity index (χ1n) is 11.1. The molecule has 3 amide bonds. The highest BCUT2D eigenvalue weighted by Crippen LogP contribution is 2.60. The molecule has 1 heterocycles. The molecule has 27 heavy (non-hydrogen) atoms. The molecule has 5 aliphatic rings. The molecule has 152 valence electrons. The van der Waals surface area contributed by atoms with Crippen molar-refractivity contribution in [2.24, 2.45) is 29.1 Å². The van der Waals surface area contributed by atoms with Gasteiger partial charge in [-0.1, -0.05) is 0 Å². The van der Waals surface area contributed by atoms with E-state index in [-0.39, 0.29) is 17.0 Å². The second kappa shape index (κ2) is 6.97. The summed E-state index contributed by atoms with van der Waals surface area (Å²) in [6, 6.07) is 0.0403. The predicted octanol–water partition coefficient (Wildman–Crippen LogP) is 3.54. The van der Waals surface area contributed by atoms with Crippen LogP contribution in [-0.2, 0) is 4.79 Å². The van der Waals surface area contributed by atoms with Gasteiger partial charge in [-0.2, -0.15) is 0 Å². The SMILES string of the molecule is CC(C)(C)NC(=O)N1CCC(CNC(=O)C23CC4CC(CC(C4)C2)C3)CC1. The first kappa shape index (κ1) is 19.1. The predicted molar refractivity (Wildman–Crippen MR) is 106 cm³/mol. The van der Waals surface area contributed by atoms with Crippen LogP contribution in [0.25, 0.3) is 0 Å². The zero-order valence-electron chi connectivity index (χ0n) is 17.4. The summed E-state index contributed by atoms with van der Waals surface area (Å²) in [6.07, 6.45) is 9.51. The third-order valence-corrected chi connectivity index (χ3v) is 7.45. The highest BCUT2D eigenvalue weighted by atomic mass is 16.2. The molecule has 4 saturated carbocycles. The van der Waals surface area contributed by atoms with Crippen LogP contribution in [0.5, 0.6) is 0 Å². The van der Waals surface area contributed by atoms with Gasteiger partial charge in [-0.05, 0) is 95.8 Å². The topological polar surface area (TPSA) is 61.4 Å². The maximum absolute atomic E-state index is 13.1. The first-order chi connectivity index (χ1) is 12.7. The van der Waals surface area contributed by atoms with Gasteiger partial charge in [0.1, 0.15) is 0 Å². The molecule has 5 rings (SSSR count). The summed E-state index contributed by atoms with van der Waals surface area (Å²) in [4.78, 5) is 27.3. The van der Waals surface area contributed by atoms with Crippen molar-refractivity contribution in [2.75, 3.05) is 19.6 Å². The second-order valence-corrected chi connectivity index (χ2v) is 11.0. The number of hydrogen-bond donors (Lipinski definition) is 2. The van der Waals surface area contributed by atoms with Crippen LogP contribution in [0.15, 0.2) is 0 Å². The van der Waals surface area contributed by atoms with Crippen molar-refractivity contribution < 1.29 is 9.59 Å². The van der Waals surface area contributed by atoms with E-state index >= 15 is 0 Å². The van der Waals surface area contributed by atoms with Crippen LogP contribution in [0.4, 0.5) is 4.79 Å². The van der Waals surface area contributed by atoms with Gasteiger partial charge >= 0.3 is 6.03 Å². The fourth-order valence-electron chi connectivity index (χ4n) is 6.55. The Labute approximate surface area is 164 Å². The molecule has 0 atom stereocenters. The lowest BCUT2D eigenvalue weighted by Crippen LogP contribution is -2.54. The molecule has 5 nitrogen and oxygen atoms in total. The Hall–Kier alpha value is -1.26. The van der Waals surface area contributed by atoms with E-state index in [2.05, 4.69) is 10.6 Å². The van der Waals surface area contributed by atoms with E-state index in [1.165, 1.54) is 19.3 Å². The second-order valence-electron chi connectivity index (χ2n) is 11.0. The number of nitrogens with zero attached hydrogens (tertiary/aromatic N) is 1. The van der Waals surface area contributed by atoms with E-state index in [4.69, 9.17) is 0 Å². The van der Waals surface area contributed by atoms with Gasteiger partial charge < -0.3 is 15.5 Å². The van der Waals surface area contributed by atoms with Crippen molar-refractivity contribution in [1.82, 2.24) is 15.5 Å². The molecule has 4 aliphatic carbocycles. The summed E-state index contributed by atoms with van der Waals surface area (Å²) in [7, 11) is 0. The van der Waals surface area contributed by atoms with Crippen LogP contribution < -0.4 is 10.6 Å². The third-order valence-electron chi connectivity index (χ3n) is 7.45. The molecule has 0 aromatic carbocycles. The van der Waals surface area contributed by atoms with Crippen LogP contribution >= 0.6 is 0 Å². The number of amides is 3. The number of piperidine rings is 1. The lowest BCUT2D eigenvalue weighted by Gasteiger charge is -2.55. The summed E-state index contributed by atoms with van der Waals surface area (Å²) in [5.41, 5.74) is -0.234. The van der Waals surface area contributed by atoms with Crippen LogP contribution in [0, 0.1) is 29.1 Å². The highest BCUT2D eigenvalue weighted by molar-refractivity contribution is 5.83. The Morgan fingerprint density at radius 2 is 1.48 bits per heavy atom. The normalized spacial score (nSPS) is 36.0. The molecule has 2 N–H and O–H groups in total. The van der Waals surface area contributed by atoms with Crippen molar-refractivity contribution >= 4 is 11.9 Å². The number of carbonyl (C=O) groups excluding carboxylic acids is 2. The maximum Gasteiger partial charge on any atom is 0.317 e. The minimum absolute atomic E-state index is 0.0396. The van der Waals surface area contributed by atoms with Gasteiger partial charge in [0.05, 0.1) is 0 Å². The van der Waals surface area contributed by atoms with E-state index < -0.39 is 0 Å². The molecule has 4 bridgehead atoms. The molecule has 0 aromatic rings. The average molecular weight is 376 g/mol. The lowest BCUT2D eigenvalue weighted by atomic mass is 9.49. The maximum atomic E-state index is 13.1. The number of hydrogen-bond acceptors (Lipinski definition) is 2. The monoisotopic (exact) mass is 375 g/mol. The first-order valence-corrected chi connectivity index (χ1v) is 11.1. The van der Waals surface area contributed by atoms with Crippen molar-refractivity contribution in [3.63, 3.8) is 0 Å². The minimum Gasteiger partial charge on any atom is -0.355 e. The number of carbonyl (C=O) groups is 2. The van der Waals surface area contributed by atoms with E-state index in [0.717, 1.165) is 69.5 Å². The van der Waals surface area contributed by atoms with Crippen LogP contribution in [0.1, 0.15) is 72.1 Å². The number of nitrogens with one attached hydrogen (secondary N) is 2. The molecule has 0 radical (unpaired) electrons. The van der Waals surface area contributed by atoms with Gasteiger partial charge in [-0.3, -0.25) is 4.79 Å². The van der Waals surface area contributed by atoms with E-state index in [9.17, 15) is 9.59 Å². The van der Waals surface area contributed by atoms with Crippen molar-refractivity contribution in [3.8, 4) is 0 Å². The van der Waals surface area contributed by atoms with Gasteiger partial charge in [-0.15, -0.1) is 0 Å². The van der Waals surface area contributed by atoms with Crippen LogP contribution in [-0.4, -0.2) is 42.0 Å². The Kier molecular flexibility index (Phi) is 4.92. The number of rotatable bonds is 3. The van der Waals surface area contributed by atoms with Gasteiger partial charge in [0, 0.05) is 30.6 Å². The van der Waals surface area contributed by atoms with Gasteiger partial charge in [-0.25, -0.2) is 4.79 Å². The molecule has 0 spiro atoms. The molecular formula is C22H37N3O2. The largest absolute Gasteiger partial charge is 0.355 e. The molecule has 0 unspecified atom stereocenters. The van der Waals surface area contributed by atoms with Gasteiger partial charge in [0.15, 0.2) is 0 Å². The van der Waals surface area contributed by atoms with Crippen LogP contribution in [0.3, 0.4) is 0 Å². The third kappa shape index (κ3) is 4.12. The zero-order valence-corrected chi connectivity index (χ0v) is 17.4. The Morgan fingerprint density at radius 3 is 1.96 bits per heavy atom. The molecule has 5 fully saturated rings. The summed E-state index contributed by atoms with van der Waals surface area (Å²) >= 11 is 0. The summed E-state index contributed by atoms with van der Waals surface area (Å²) in [5.74, 6) is 3.28. The van der Waals surface area contributed by atoms with Crippen molar-refractivity contribution in [1.29, 1.82) is 0 Å². The highest BCUT2D eigenvalue weighted by Gasteiger charge is 2.54. The molecule has 1 aliphatic heterocycles. The Balaban J connectivity index is 1.24. The van der Waals surface area contributed by atoms with E-state index in [0.29, 0.717) is 11.8 Å². The van der Waals surface area contributed by atoms with Crippen molar-refractivity contribution in [3.05, 3.63) is 0 Å². The van der Waals surface area contributed by atoms with Crippen molar-refractivity contribution in [2.45, 2.75) is 77.7 Å². The van der Waals surface area contributed by atoms with Crippen LogP contribution in [0.2, 0.25) is 0 Å². The smallest absolute Gasteiger partial charge is 0.317 e. The summed E-state index contributed by atoms with van der Waals surface area (Å²) < 4.78 is 0. The number of likely N-dealkylation sites (tertiary alicyclic amines) is 1. The van der Waals surface area contributed by atoms with E-state index in [1.807, 2.05) is 25.7 Å². The summed E-state index contributed by atoms with van der Waals surface area (Å²) in [6.45, 7) is 8.40. The molecule has 5 heteroatoms. The quantitative estimate of drug-likeness (QED) is 0.792. The lowest BCUT2D eigenvalue weighted by molar-refractivity contribution is -0.146. The average Bonchev–Trinajstić information content (AvgIpc) is 2.57. The summed E-state index contributed by atoms with van der Waals surface area (Å²) in [5, 5.41) is 6.38. The van der Waals surface area contributed by atoms with E-state index in [1.54, 1.807) is 0 Å². The molecular weight excluding hydrogens is 338 g/mol. The van der Waals surface area contributed by atoms with Gasteiger partial charge in [0.2, 0.25) is 5.91 Å². The molecule has 1 saturated heterocycles. The Bertz CT molecular complexity index is 552. The minimum atomic E-state index is -0.195. The Morgan fingerprint density at radius 1 is 0.963 bits per heavy atom. The number of urea groups is 1. The fourth-order valence-corrected chi connectivity index (χ4v) is 6.55. The fraction of sp³-hybridized carbons (Fsp3) is 0.909. The molecule has 0 aromatic heterocycles.